The Balaban J connectivity index is 1.48. The maximum absolute atomic E-state index is 15.1. The maximum atomic E-state index is 15.1. The van der Waals surface area contributed by atoms with Gasteiger partial charge in [0.25, 0.3) is 11.4 Å². The molecule has 8 atom stereocenters. The van der Waals surface area contributed by atoms with Crippen LogP contribution in [0.15, 0.2) is 21.1 Å². The second-order valence-electron chi connectivity index (χ2n) is 16.6. The van der Waals surface area contributed by atoms with Crippen molar-refractivity contribution in [2.45, 2.75) is 117 Å². The number of hydrogen-bond acceptors (Lipinski definition) is 5. The van der Waals surface area contributed by atoms with Crippen molar-refractivity contribution in [3.8, 4) is 11.5 Å². The highest BCUT2D eigenvalue weighted by atomic mass is 79.9. The summed E-state index contributed by atoms with van der Waals surface area (Å²) in [5.74, 6) is 3.32. The summed E-state index contributed by atoms with van der Waals surface area (Å²) in [6.07, 6.45) is 4.91. The van der Waals surface area contributed by atoms with Gasteiger partial charge in [-0.25, -0.2) is 5.32 Å². The predicted octanol–water partition coefficient (Wildman–Crippen LogP) is 9.47. The van der Waals surface area contributed by atoms with Crippen molar-refractivity contribution in [1.82, 2.24) is 5.32 Å². The van der Waals surface area contributed by atoms with Crippen LogP contribution in [-0.4, -0.2) is 11.6 Å². The van der Waals surface area contributed by atoms with Crippen molar-refractivity contribution in [1.29, 1.82) is 0 Å². The monoisotopic (exact) mass is 737 g/mol. The number of ether oxygens (including phenoxy) is 2. The predicted molar refractivity (Wildman–Crippen MR) is 182 cm³/mol. The minimum Gasteiger partial charge on any atom is -0.459 e. The standard InChI is InChI=1S/C38H45Br2NO4/c1-17(2)21-9-11-35(7)15-25(42)37-29-23(27(21)35)13-19(5)31(39)33(29)44-38(41-37)26(43)16-36(8)12-10-22(18(3)4)28(36)24-14-20(6)32(40)34(45-37)30(24)38/h13-14,17-18,21-22,27-28,41H,9-12,15-16H2,1-8H3/t21-,22-,27-,28-,35+,36+,37+,38+/m1/s1. The zero-order valence-corrected chi connectivity index (χ0v) is 30.9. The lowest BCUT2D eigenvalue weighted by molar-refractivity contribution is -0.173. The number of carbonyl (C=O) groups is 2. The molecule has 45 heavy (non-hydrogen) atoms. The molecule has 0 aromatic heterocycles. The van der Waals surface area contributed by atoms with Crippen LogP contribution in [0.2, 0.25) is 0 Å². The van der Waals surface area contributed by atoms with Crippen molar-refractivity contribution in [2.24, 2.45) is 34.5 Å². The molecule has 0 radical (unpaired) electrons. The van der Waals surface area contributed by atoms with Gasteiger partial charge in [0.05, 0.1) is 20.1 Å². The summed E-state index contributed by atoms with van der Waals surface area (Å²) < 4.78 is 16.1. The summed E-state index contributed by atoms with van der Waals surface area (Å²) in [4.78, 5) is 30.2. The highest BCUT2D eigenvalue weighted by Gasteiger charge is 2.70. The van der Waals surface area contributed by atoms with Crippen LogP contribution >= 0.6 is 31.9 Å². The number of rotatable bonds is 2. The molecule has 2 fully saturated rings. The summed E-state index contributed by atoms with van der Waals surface area (Å²) >= 11 is 7.81. The Morgan fingerprint density at radius 2 is 1.11 bits per heavy atom. The lowest BCUT2D eigenvalue weighted by Crippen LogP contribution is -2.71. The van der Waals surface area contributed by atoms with E-state index in [0.29, 0.717) is 48.0 Å². The molecule has 7 heteroatoms. The summed E-state index contributed by atoms with van der Waals surface area (Å²) in [5, 5.41) is 3.66. The van der Waals surface area contributed by atoms with E-state index in [4.69, 9.17) is 9.47 Å². The van der Waals surface area contributed by atoms with Gasteiger partial charge >= 0.3 is 0 Å². The zero-order valence-electron chi connectivity index (χ0n) is 27.8. The number of carbonyl (C=O) groups excluding carboxylic acids is 2. The van der Waals surface area contributed by atoms with Crippen molar-refractivity contribution in [3.63, 3.8) is 0 Å². The van der Waals surface area contributed by atoms with Crippen LogP contribution in [0.25, 0.3) is 0 Å². The number of nitrogens with one attached hydrogen (secondary N) is 1. The first-order valence-electron chi connectivity index (χ1n) is 17.0. The third kappa shape index (κ3) is 3.70. The van der Waals surface area contributed by atoms with Crippen LogP contribution in [-0.2, 0) is 21.0 Å². The molecular weight excluding hydrogens is 694 g/mol. The fourth-order valence-corrected chi connectivity index (χ4v) is 11.8. The summed E-state index contributed by atoms with van der Waals surface area (Å²) in [5.41, 5.74) is 2.38. The Labute approximate surface area is 284 Å². The molecule has 6 aliphatic rings. The molecular formula is C38H45Br2NO4. The molecule has 8 rings (SSSR count). The summed E-state index contributed by atoms with van der Waals surface area (Å²) in [6.45, 7) is 18.0. The molecule has 0 amide bonds. The Morgan fingerprint density at radius 1 is 0.733 bits per heavy atom. The Bertz CT molecular complexity index is 1590. The number of ketones is 2. The van der Waals surface area contributed by atoms with Crippen molar-refractivity contribution >= 4 is 43.4 Å². The Morgan fingerprint density at radius 3 is 1.47 bits per heavy atom. The van der Waals surface area contributed by atoms with Gasteiger partial charge in [-0.3, -0.25) is 9.59 Å². The SMILES string of the molecule is Cc1cc2c3c(c1Br)O[C@]14N[C@]3(Oc3c(Br)c(C)cc(c31)[C@H]1[C@@H](C(C)C)CC[C@@]1(C)CC4=O)C(=O)C[C@]1(C)CC[C@H](C(C)C)[C@H]21. The normalized spacial score (nSPS) is 39.0. The van der Waals surface area contributed by atoms with E-state index in [1.807, 2.05) is 0 Å². The van der Waals surface area contributed by atoms with Gasteiger partial charge in [-0.05, 0) is 140 Å². The fourth-order valence-electron chi connectivity index (χ4n) is 11.0. The molecule has 2 bridgehead atoms. The van der Waals surface area contributed by atoms with Gasteiger partial charge < -0.3 is 9.47 Å². The fraction of sp³-hybridized carbons (Fsp3) is 0.632. The molecule has 2 heterocycles. The molecule has 240 valence electrons. The number of fused-ring (bicyclic) bond motifs is 4. The highest BCUT2D eigenvalue weighted by molar-refractivity contribution is 9.11. The third-order valence-electron chi connectivity index (χ3n) is 13.2. The minimum atomic E-state index is -1.54. The van der Waals surface area contributed by atoms with Crippen LogP contribution in [0.4, 0.5) is 0 Å². The smallest absolute Gasteiger partial charge is 0.254 e. The molecule has 0 saturated heterocycles. The van der Waals surface area contributed by atoms with Crippen molar-refractivity contribution in [3.05, 3.63) is 54.5 Å². The molecule has 1 N–H and O–H groups in total. The van der Waals surface area contributed by atoms with Crippen molar-refractivity contribution < 1.29 is 19.1 Å². The summed E-state index contributed by atoms with van der Waals surface area (Å²) in [7, 11) is 0. The Kier molecular flexibility index (Phi) is 6.44. The van der Waals surface area contributed by atoms with Crippen LogP contribution in [0, 0.1) is 48.3 Å². The van der Waals surface area contributed by atoms with E-state index in [0.717, 1.165) is 68.0 Å². The van der Waals surface area contributed by atoms with Crippen LogP contribution in [0.3, 0.4) is 0 Å². The lowest BCUT2D eigenvalue weighted by atomic mass is 9.69. The molecule has 0 unspecified atom stereocenters. The zero-order chi connectivity index (χ0) is 32.2. The maximum Gasteiger partial charge on any atom is 0.254 e. The number of aryl methyl sites for hydroxylation is 2. The molecule has 4 aliphatic carbocycles. The van der Waals surface area contributed by atoms with Crippen molar-refractivity contribution in [2.75, 3.05) is 0 Å². The number of Topliss-reactive ketones (excluding diaryl/α,β-unsaturated/α-hetero) is 2. The highest BCUT2D eigenvalue weighted by Crippen LogP contribution is 2.68. The summed E-state index contributed by atoms with van der Waals surface area (Å²) in [6, 6.07) is 4.53. The van der Waals surface area contributed by atoms with Gasteiger partial charge in [-0.1, -0.05) is 53.7 Å². The van der Waals surface area contributed by atoms with E-state index >= 15 is 9.59 Å². The van der Waals surface area contributed by atoms with Crippen LogP contribution in [0.1, 0.15) is 125 Å². The molecule has 2 aliphatic heterocycles. The van der Waals surface area contributed by atoms with E-state index in [-0.39, 0.29) is 34.2 Å². The van der Waals surface area contributed by atoms with Gasteiger partial charge in [-0.15, -0.1) is 0 Å². The topological polar surface area (TPSA) is 64.6 Å². The van der Waals surface area contributed by atoms with E-state index in [9.17, 15) is 0 Å². The molecule has 2 saturated carbocycles. The average Bonchev–Trinajstić information content (AvgIpc) is 3.45. The average molecular weight is 740 g/mol. The Hall–Kier alpha value is -1.70. The second kappa shape index (κ2) is 9.47. The van der Waals surface area contributed by atoms with Gasteiger partial charge in [0.15, 0.2) is 11.6 Å². The van der Waals surface area contributed by atoms with Crippen LogP contribution < -0.4 is 14.8 Å². The van der Waals surface area contributed by atoms with Gasteiger partial charge in [0, 0.05) is 12.8 Å². The first kappa shape index (κ1) is 30.6. The largest absolute Gasteiger partial charge is 0.459 e. The van der Waals surface area contributed by atoms with E-state index < -0.39 is 11.4 Å². The number of halogens is 2. The molecule has 2 aromatic carbocycles. The second-order valence-corrected chi connectivity index (χ2v) is 18.2. The van der Waals surface area contributed by atoms with E-state index in [2.05, 4.69) is 105 Å². The first-order chi connectivity index (χ1) is 21.1. The minimum absolute atomic E-state index is 0.0121. The first-order valence-corrected chi connectivity index (χ1v) is 18.6. The van der Waals surface area contributed by atoms with Gasteiger partial charge in [0.2, 0.25) is 0 Å². The van der Waals surface area contributed by atoms with Gasteiger partial charge in [-0.2, -0.15) is 0 Å². The van der Waals surface area contributed by atoms with Gasteiger partial charge in [0.1, 0.15) is 11.5 Å². The molecule has 5 nitrogen and oxygen atoms in total. The molecule has 2 spiro atoms. The molecule has 2 aromatic rings. The third-order valence-corrected chi connectivity index (χ3v) is 15.2. The van der Waals surface area contributed by atoms with E-state index in [1.165, 1.54) is 0 Å². The number of benzene rings is 2. The van der Waals surface area contributed by atoms with E-state index in [1.54, 1.807) is 0 Å². The lowest BCUT2D eigenvalue weighted by Gasteiger charge is -2.53. The number of hydrogen-bond donors (Lipinski definition) is 1. The van der Waals surface area contributed by atoms with Crippen LogP contribution in [0.5, 0.6) is 11.5 Å². The quantitative estimate of drug-likeness (QED) is 0.333.